The van der Waals surface area contributed by atoms with Gasteiger partial charge in [-0.2, -0.15) is 0 Å². The molecule has 1 unspecified atom stereocenters. The quantitative estimate of drug-likeness (QED) is 0.871. The van der Waals surface area contributed by atoms with E-state index in [9.17, 15) is 4.79 Å². The molecular weight excluding hydrogens is 256 g/mol. The van der Waals surface area contributed by atoms with Gasteiger partial charge < -0.3 is 20.1 Å². The highest BCUT2D eigenvalue weighted by Crippen LogP contribution is 2.18. The summed E-state index contributed by atoms with van der Waals surface area (Å²) in [5, 5.41) is 0. The Labute approximate surface area is 119 Å². The van der Waals surface area contributed by atoms with Crippen LogP contribution in [0.2, 0.25) is 0 Å². The van der Waals surface area contributed by atoms with Crippen LogP contribution < -0.4 is 10.5 Å². The lowest BCUT2D eigenvalue weighted by molar-refractivity contribution is -0.136. The van der Waals surface area contributed by atoms with Crippen LogP contribution in [-0.4, -0.2) is 49.8 Å². The number of amides is 1. The maximum Gasteiger partial charge on any atom is 0.245 e. The molecule has 0 bridgehead atoms. The van der Waals surface area contributed by atoms with E-state index in [2.05, 4.69) is 0 Å². The molecule has 0 spiro atoms. The molecule has 0 saturated carbocycles. The minimum absolute atomic E-state index is 0.0807. The number of likely N-dealkylation sites (N-methyl/N-ethyl adjacent to an activating group) is 1. The van der Waals surface area contributed by atoms with E-state index in [0.29, 0.717) is 32.8 Å². The molecule has 0 radical (unpaired) electrons. The number of nitrogens with two attached hydrogens (primary N) is 1. The molecule has 1 aliphatic heterocycles. The fraction of sp³-hybridized carbons (Fsp3) is 0.533. The fourth-order valence-electron chi connectivity index (χ4n) is 2.24. The maximum absolute atomic E-state index is 12.2. The molecular formula is C15H22N2O3. The van der Waals surface area contributed by atoms with Gasteiger partial charge in [0.15, 0.2) is 0 Å². The maximum atomic E-state index is 12.2. The number of rotatable bonds is 5. The molecule has 110 valence electrons. The van der Waals surface area contributed by atoms with Gasteiger partial charge in [0.05, 0.1) is 13.2 Å². The zero-order valence-electron chi connectivity index (χ0n) is 12.1. The molecule has 20 heavy (non-hydrogen) atoms. The van der Waals surface area contributed by atoms with E-state index in [-0.39, 0.29) is 5.91 Å². The van der Waals surface area contributed by atoms with Crippen molar-refractivity contribution in [2.24, 2.45) is 5.73 Å². The third-order valence-electron chi connectivity index (χ3n) is 3.51. The van der Waals surface area contributed by atoms with Crippen LogP contribution >= 0.6 is 0 Å². The lowest BCUT2D eigenvalue weighted by atomic mass is 9.99. The summed E-state index contributed by atoms with van der Waals surface area (Å²) in [6.45, 7) is 3.82. The van der Waals surface area contributed by atoms with Crippen LogP contribution in [0, 0.1) is 6.92 Å². The number of carbonyl (C=O) groups is 1. The average Bonchev–Trinajstić information content (AvgIpc) is 2.86. The van der Waals surface area contributed by atoms with Crippen molar-refractivity contribution in [3.63, 3.8) is 0 Å². The predicted molar refractivity (Wildman–Crippen MR) is 76.7 cm³/mol. The van der Waals surface area contributed by atoms with Crippen molar-refractivity contribution in [1.82, 2.24) is 4.90 Å². The summed E-state index contributed by atoms with van der Waals surface area (Å²) in [6.07, 6.45) is 0.578. The van der Waals surface area contributed by atoms with E-state index in [1.54, 1.807) is 11.9 Å². The van der Waals surface area contributed by atoms with Crippen molar-refractivity contribution < 1.29 is 14.3 Å². The third kappa shape index (κ3) is 3.49. The molecule has 1 saturated heterocycles. The molecule has 2 rings (SSSR count). The second kappa shape index (κ2) is 6.24. The van der Waals surface area contributed by atoms with Crippen LogP contribution in [0.4, 0.5) is 0 Å². The lowest BCUT2D eigenvalue weighted by Crippen LogP contribution is -2.55. The van der Waals surface area contributed by atoms with Crippen LogP contribution in [0.25, 0.3) is 0 Å². The van der Waals surface area contributed by atoms with Crippen LogP contribution in [0.15, 0.2) is 24.3 Å². The zero-order valence-corrected chi connectivity index (χ0v) is 12.1. The third-order valence-corrected chi connectivity index (χ3v) is 3.51. The largest absolute Gasteiger partial charge is 0.492 e. The van der Waals surface area contributed by atoms with E-state index in [1.165, 1.54) is 0 Å². The van der Waals surface area contributed by atoms with Crippen molar-refractivity contribution in [3.8, 4) is 5.75 Å². The number of benzene rings is 1. The van der Waals surface area contributed by atoms with E-state index < -0.39 is 5.54 Å². The Hall–Kier alpha value is -1.59. The van der Waals surface area contributed by atoms with Gasteiger partial charge in [-0.05, 0) is 31.0 Å². The highest BCUT2D eigenvalue weighted by molar-refractivity contribution is 5.86. The fourth-order valence-corrected chi connectivity index (χ4v) is 2.24. The molecule has 1 fully saturated rings. The predicted octanol–water partition coefficient (Wildman–Crippen LogP) is 0.950. The summed E-state index contributed by atoms with van der Waals surface area (Å²) in [5.41, 5.74) is 6.34. The molecule has 1 aliphatic rings. The number of hydrogen-bond acceptors (Lipinski definition) is 4. The minimum atomic E-state index is -0.863. The number of nitrogens with zero attached hydrogens (tertiary/aromatic N) is 1. The molecule has 0 aliphatic carbocycles. The summed E-state index contributed by atoms with van der Waals surface area (Å²) in [4.78, 5) is 13.8. The number of carbonyl (C=O) groups excluding carboxylic acids is 1. The van der Waals surface area contributed by atoms with Crippen LogP contribution in [0.1, 0.15) is 12.0 Å². The summed E-state index contributed by atoms with van der Waals surface area (Å²) in [6, 6.07) is 7.84. The molecule has 1 amide bonds. The molecule has 1 aromatic carbocycles. The lowest BCUT2D eigenvalue weighted by Gasteiger charge is -2.27. The van der Waals surface area contributed by atoms with E-state index >= 15 is 0 Å². The average molecular weight is 278 g/mol. The summed E-state index contributed by atoms with van der Waals surface area (Å²) < 4.78 is 10.9. The molecule has 1 heterocycles. The highest BCUT2D eigenvalue weighted by Gasteiger charge is 2.39. The van der Waals surface area contributed by atoms with E-state index in [1.807, 2.05) is 31.2 Å². The van der Waals surface area contributed by atoms with Gasteiger partial charge in [-0.25, -0.2) is 0 Å². The van der Waals surface area contributed by atoms with Crippen molar-refractivity contribution in [2.45, 2.75) is 18.9 Å². The monoisotopic (exact) mass is 278 g/mol. The van der Waals surface area contributed by atoms with Gasteiger partial charge >= 0.3 is 0 Å². The van der Waals surface area contributed by atoms with Gasteiger partial charge in [0, 0.05) is 13.7 Å². The van der Waals surface area contributed by atoms with E-state index in [4.69, 9.17) is 15.2 Å². The Kier molecular flexibility index (Phi) is 4.62. The molecule has 0 aromatic heterocycles. The van der Waals surface area contributed by atoms with Gasteiger partial charge in [-0.15, -0.1) is 0 Å². The minimum Gasteiger partial charge on any atom is -0.492 e. The first-order valence-electron chi connectivity index (χ1n) is 6.83. The Morgan fingerprint density at radius 1 is 1.55 bits per heavy atom. The summed E-state index contributed by atoms with van der Waals surface area (Å²) in [7, 11) is 1.74. The topological polar surface area (TPSA) is 64.8 Å². The molecule has 2 N–H and O–H groups in total. The second-order valence-corrected chi connectivity index (χ2v) is 5.35. The van der Waals surface area contributed by atoms with Crippen LogP contribution in [-0.2, 0) is 9.53 Å². The zero-order chi connectivity index (χ0) is 14.6. The first-order valence-corrected chi connectivity index (χ1v) is 6.83. The van der Waals surface area contributed by atoms with Gasteiger partial charge in [-0.1, -0.05) is 12.1 Å². The second-order valence-electron chi connectivity index (χ2n) is 5.35. The molecule has 5 heteroatoms. The van der Waals surface area contributed by atoms with Gasteiger partial charge in [0.2, 0.25) is 5.91 Å². The molecule has 1 aromatic rings. The Morgan fingerprint density at radius 2 is 2.35 bits per heavy atom. The smallest absolute Gasteiger partial charge is 0.245 e. The van der Waals surface area contributed by atoms with Gasteiger partial charge in [0.25, 0.3) is 0 Å². The SMILES string of the molecule is Cc1cccc(OCCN(C)C(=O)C2(N)CCOC2)c1. The van der Waals surface area contributed by atoms with Gasteiger partial charge in [0.1, 0.15) is 17.9 Å². The van der Waals surface area contributed by atoms with Crippen molar-refractivity contribution in [2.75, 3.05) is 33.4 Å². The normalized spacial score (nSPS) is 21.8. The van der Waals surface area contributed by atoms with Crippen LogP contribution in [0.5, 0.6) is 5.75 Å². The number of aryl methyl sites for hydroxylation is 1. The van der Waals surface area contributed by atoms with Crippen molar-refractivity contribution in [1.29, 1.82) is 0 Å². The van der Waals surface area contributed by atoms with Crippen LogP contribution in [0.3, 0.4) is 0 Å². The number of ether oxygens (including phenoxy) is 2. The Bertz CT molecular complexity index is 470. The standard InChI is InChI=1S/C15H22N2O3/c1-12-4-3-5-13(10-12)20-9-7-17(2)14(18)15(16)6-8-19-11-15/h3-5,10H,6-9,11,16H2,1-2H3. The van der Waals surface area contributed by atoms with Crippen molar-refractivity contribution >= 4 is 5.91 Å². The van der Waals surface area contributed by atoms with E-state index in [0.717, 1.165) is 11.3 Å². The summed E-state index contributed by atoms with van der Waals surface area (Å²) >= 11 is 0. The first kappa shape index (κ1) is 14.8. The summed E-state index contributed by atoms with van der Waals surface area (Å²) in [5.74, 6) is 0.736. The van der Waals surface area contributed by atoms with Crippen molar-refractivity contribution in [3.05, 3.63) is 29.8 Å². The highest BCUT2D eigenvalue weighted by atomic mass is 16.5. The number of hydrogen-bond donors (Lipinski definition) is 1. The molecule has 5 nitrogen and oxygen atoms in total. The Morgan fingerprint density at radius 3 is 3.00 bits per heavy atom. The first-order chi connectivity index (χ1) is 9.51. The molecule has 1 atom stereocenters. The van der Waals surface area contributed by atoms with Gasteiger partial charge in [-0.3, -0.25) is 4.79 Å². The Balaban J connectivity index is 1.80.